The molecule has 0 aliphatic carbocycles. The van der Waals surface area contributed by atoms with Gasteiger partial charge in [-0.15, -0.1) is 0 Å². The van der Waals surface area contributed by atoms with Gasteiger partial charge in [0.2, 0.25) is 0 Å². The van der Waals surface area contributed by atoms with Gasteiger partial charge in [0.25, 0.3) is 5.69 Å². The van der Waals surface area contributed by atoms with Gasteiger partial charge < -0.3 is 5.32 Å². The summed E-state index contributed by atoms with van der Waals surface area (Å²) in [7, 11) is 0. The minimum absolute atomic E-state index is 0.0256. The number of aromatic amines is 1. The predicted octanol–water partition coefficient (Wildman–Crippen LogP) is 3.44. The summed E-state index contributed by atoms with van der Waals surface area (Å²) in [6, 6.07) is 8.22. The predicted molar refractivity (Wildman–Crippen MR) is 99.0 cm³/mol. The fraction of sp³-hybridized carbons (Fsp3) is 0.278. The highest BCUT2D eigenvalue weighted by molar-refractivity contribution is 5.61. The number of anilines is 1. The van der Waals surface area contributed by atoms with Crippen LogP contribution in [-0.2, 0) is 6.42 Å². The summed E-state index contributed by atoms with van der Waals surface area (Å²) in [5.41, 5.74) is 3.76. The summed E-state index contributed by atoms with van der Waals surface area (Å²) < 4.78 is 0. The third-order valence-corrected chi connectivity index (χ3v) is 4.03. The molecule has 1 aromatic carbocycles. The van der Waals surface area contributed by atoms with Crippen LogP contribution >= 0.6 is 0 Å². The quantitative estimate of drug-likeness (QED) is 0.383. The van der Waals surface area contributed by atoms with E-state index in [1.165, 1.54) is 17.7 Å². The van der Waals surface area contributed by atoms with E-state index in [0.717, 1.165) is 30.8 Å². The van der Waals surface area contributed by atoms with Crippen LogP contribution in [-0.4, -0.2) is 31.6 Å². The molecule has 0 aliphatic heterocycles. The maximum Gasteiger partial charge on any atom is 0.270 e. The molecule has 8 heteroatoms. The van der Waals surface area contributed by atoms with Gasteiger partial charge in [0.05, 0.1) is 11.1 Å². The SMILES string of the molecule is Cc1cc(NCCCc2cn[nH]c2C)nc(-c2cccc([N+](=O)[O-])c2)n1. The van der Waals surface area contributed by atoms with E-state index in [1.54, 1.807) is 12.1 Å². The van der Waals surface area contributed by atoms with Crippen molar-refractivity contribution in [2.45, 2.75) is 26.7 Å². The van der Waals surface area contributed by atoms with Crippen LogP contribution in [0.2, 0.25) is 0 Å². The van der Waals surface area contributed by atoms with Crippen LogP contribution < -0.4 is 5.32 Å². The Labute approximate surface area is 150 Å². The van der Waals surface area contributed by atoms with Crippen LogP contribution in [0.25, 0.3) is 11.4 Å². The number of nitro benzene ring substituents is 1. The fourth-order valence-electron chi connectivity index (χ4n) is 2.67. The minimum Gasteiger partial charge on any atom is -0.370 e. The smallest absolute Gasteiger partial charge is 0.270 e. The van der Waals surface area contributed by atoms with Crippen molar-refractivity contribution in [1.82, 2.24) is 20.2 Å². The molecule has 3 aromatic rings. The van der Waals surface area contributed by atoms with Crippen LogP contribution in [0.1, 0.15) is 23.4 Å². The second-order valence-electron chi connectivity index (χ2n) is 6.08. The molecule has 0 spiro atoms. The summed E-state index contributed by atoms with van der Waals surface area (Å²) in [6.45, 7) is 4.65. The first kappa shape index (κ1) is 17.5. The van der Waals surface area contributed by atoms with Crippen molar-refractivity contribution >= 4 is 11.5 Å². The maximum atomic E-state index is 11.0. The number of nitrogens with one attached hydrogen (secondary N) is 2. The van der Waals surface area contributed by atoms with Gasteiger partial charge in [-0.05, 0) is 32.3 Å². The molecule has 2 aromatic heterocycles. The van der Waals surface area contributed by atoms with E-state index in [0.29, 0.717) is 17.2 Å². The Bertz CT molecular complexity index is 922. The molecule has 26 heavy (non-hydrogen) atoms. The molecular weight excluding hydrogens is 332 g/mol. The molecule has 0 amide bonds. The Morgan fingerprint density at radius 2 is 2.08 bits per heavy atom. The zero-order valence-corrected chi connectivity index (χ0v) is 14.7. The first-order valence-electron chi connectivity index (χ1n) is 8.36. The molecule has 134 valence electrons. The molecule has 0 unspecified atom stereocenters. The highest BCUT2D eigenvalue weighted by Gasteiger charge is 2.10. The van der Waals surface area contributed by atoms with Gasteiger partial charge in [-0.3, -0.25) is 15.2 Å². The molecule has 0 radical (unpaired) electrons. The molecule has 3 rings (SSSR count). The van der Waals surface area contributed by atoms with Gasteiger partial charge in [0, 0.05) is 41.7 Å². The molecular formula is C18H20N6O2. The molecule has 0 saturated carbocycles. The number of non-ortho nitro benzene ring substituents is 1. The van der Waals surface area contributed by atoms with Gasteiger partial charge in [-0.2, -0.15) is 5.10 Å². The van der Waals surface area contributed by atoms with Crippen molar-refractivity contribution in [3.63, 3.8) is 0 Å². The number of aromatic nitrogens is 4. The number of H-pyrrole nitrogens is 1. The van der Waals surface area contributed by atoms with E-state index in [4.69, 9.17) is 0 Å². The standard InChI is InChI=1S/C18H20N6O2/c1-12-9-17(19-8-4-6-15-11-20-23-13(15)2)22-18(21-12)14-5-3-7-16(10-14)24(25)26/h3,5,7,9-11H,4,6,8H2,1-2H3,(H,20,23)(H,19,21,22). The van der Waals surface area contributed by atoms with E-state index in [9.17, 15) is 10.1 Å². The zero-order valence-electron chi connectivity index (χ0n) is 14.7. The topological polar surface area (TPSA) is 110 Å². The Morgan fingerprint density at radius 1 is 1.23 bits per heavy atom. The van der Waals surface area contributed by atoms with E-state index >= 15 is 0 Å². The summed E-state index contributed by atoms with van der Waals surface area (Å²) in [5.74, 6) is 1.19. The average Bonchev–Trinajstić information content (AvgIpc) is 3.03. The zero-order chi connectivity index (χ0) is 18.5. The molecule has 0 saturated heterocycles. The highest BCUT2D eigenvalue weighted by atomic mass is 16.6. The molecule has 2 heterocycles. The van der Waals surface area contributed by atoms with Gasteiger partial charge in [-0.25, -0.2) is 9.97 Å². The lowest BCUT2D eigenvalue weighted by Crippen LogP contribution is -2.06. The Morgan fingerprint density at radius 3 is 2.81 bits per heavy atom. The van der Waals surface area contributed by atoms with E-state index < -0.39 is 4.92 Å². The average molecular weight is 352 g/mol. The van der Waals surface area contributed by atoms with Crippen molar-refractivity contribution in [2.75, 3.05) is 11.9 Å². The van der Waals surface area contributed by atoms with Gasteiger partial charge in [-0.1, -0.05) is 12.1 Å². The molecule has 0 atom stereocenters. The number of hydrogen-bond donors (Lipinski definition) is 2. The largest absolute Gasteiger partial charge is 0.370 e. The Hall–Kier alpha value is -3.29. The molecule has 0 bridgehead atoms. The van der Waals surface area contributed by atoms with Crippen LogP contribution in [0.3, 0.4) is 0 Å². The summed E-state index contributed by atoms with van der Waals surface area (Å²) in [5, 5.41) is 21.2. The molecule has 8 nitrogen and oxygen atoms in total. The molecule has 2 N–H and O–H groups in total. The Kier molecular flexibility index (Phi) is 5.21. The fourth-order valence-corrected chi connectivity index (χ4v) is 2.67. The van der Waals surface area contributed by atoms with Gasteiger partial charge in [0.15, 0.2) is 5.82 Å². The van der Waals surface area contributed by atoms with E-state index in [-0.39, 0.29) is 5.69 Å². The highest BCUT2D eigenvalue weighted by Crippen LogP contribution is 2.22. The van der Waals surface area contributed by atoms with E-state index in [2.05, 4.69) is 25.5 Å². The lowest BCUT2D eigenvalue weighted by Gasteiger charge is -2.09. The summed E-state index contributed by atoms with van der Waals surface area (Å²) in [6.07, 6.45) is 3.72. The number of aryl methyl sites for hydroxylation is 3. The second-order valence-corrected chi connectivity index (χ2v) is 6.08. The number of nitro groups is 1. The Balaban J connectivity index is 1.68. The van der Waals surface area contributed by atoms with Crippen LogP contribution in [0.4, 0.5) is 11.5 Å². The summed E-state index contributed by atoms with van der Waals surface area (Å²) >= 11 is 0. The van der Waals surface area contributed by atoms with Crippen molar-refractivity contribution < 1.29 is 4.92 Å². The number of benzene rings is 1. The van der Waals surface area contributed by atoms with Crippen molar-refractivity contribution in [2.24, 2.45) is 0 Å². The van der Waals surface area contributed by atoms with E-state index in [1.807, 2.05) is 26.1 Å². The lowest BCUT2D eigenvalue weighted by atomic mass is 10.1. The number of rotatable bonds is 7. The maximum absolute atomic E-state index is 11.0. The van der Waals surface area contributed by atoms with Crippen molar-refractivity contribution in [3.8, 4) is 11.4 Å². The normalized spacial score (nSPS) is 10.7. The van der Waals surface area contributed by atoms with Crippen LogP contribution in [0, 0.1) is 24.0 Å². The third kappa shape index (κ3) is 4.21. The second kappa shape index (κ2) is 7.73. The minimum atomic E-state index is -0.420. The van der Waals surface area contributed by atoms with Crippen LogP contribution in [0.5, 0.6) is 0 Å². The number of hydrogen-bond acceptors (Lipinski definition) is 6. The first-order chi connectivity index (χ1) is 12.5. The summed E-state index contributed by atoms with van der Waals surface area (Å²) in [4.78, 5) is 19.4. The third-order valence-electron chi connectivity index (χ3n) is 4.03. The monoisotopic (exact) mass is 352 g/mol. The lowest BCUT2D eigenvalue weighted by molar-refractivity contribution is -0.384. The van der Waals surface area contributed by atoms with Gasteiger partial charge in [0.1, 0.15) is 5.82 Å². The van der Waals surface area contributed by atoms with Crippen molar-refractivity contribution in [1.29, 1.82) is 0 Å². The number of nitrogens with zero attached hydrogens (tertiary/aromatic N) is 4. The first-order valence-corrected chi connectivity index (χ1v) is 8.36. The molecule has 0 fully saturated rings. The molecule has 0 aliphatic rings. The van der Waals surface area contributed by atoms with Crippen LogP contribution in [0.15, 0.2) is 36.5 Å². The van der Waals surface area contributed by atoms with Crippen molar-refractivity contribution in [3.05, 3.63) is 63.6 Å². The van der Waals surface area contributed by atoms with Gasteiger partial charge >= 0.3 is 0 Å².